The molecule has 0 aliphatic heterocycles. The Morgan fingerprint density at radius 3 is 2.56 bits per heavy atom. The van der Waals surface area contributed by atoms with E-state index in [0.717, 1.165) is 18.4 Å². The third-order valence-electron chi connectivity index (χ3n) is 2.75. The molecule has 0 aromatic carbocycles. The fourth-order valence-electron chi connectivity index (χ4n) is 1.76. The van der Waals surface area contributed by atoms with Crippen LogP contribution in [0.1, 0.15) is 46.8 Å². The van der Waals surface area contributed by atoms with Crippen LogP contribution in [0.3, 0.4) is 0 Å². The number of amides is 1. The van der Waals surface area contributed by atoms with Gasteiger partial charge < -0.3 is 10.4 Å². The minimum Gasteiger partial charge on any atom is -0.480 e. The van der Waals surface area contributed by atoms with Crippen molar-refractivity contribution in [3.63, 3.8) is 0 Å². The van der Waals surface area contributed by atoms with Gasteiger partial charge in [-0.05, 0) is 31.4 Å². The highest BCUT2D eigenvalue weighted by atomic mass is 32.1. The molecule has 0 aliphatic carbocycles. The van der Waals surface area contributed by atoms with Crippen LogP contribution in [0.4, 0.5) is 0 Å². The largest absolute Gasteiger partial charge is 0.480 e. The highest BCUT2D eigenvalue weighted by molar-refractivity contribution is 7.14. The number of nitrogens with one attached hydrogen (secondary N) is 1. The van der Waals surface area contributed by atoms with Gasteiger partial charge in [-0.2, -0.15) is 0 Å². The van der Waals surface area contributed by atoms with Gasteiger partial charge in [0.05, 0.1) is 4.88 Å². The van der Waals surface area contributed by atoms with E-state index >= 15 is 0 Å². The lowest BCUT2D eigenvalue weighted by molar-refractivity contribution is -0.139. The van der Waals surface area contributed by atoms with Gasteiger partial charge in [0.1, 0.15) is 6.04 Å². The number of hydrogen-bond donors (Lipinski definition) is 2. The van der Waals surface area contributed by atoms with Crippen LogP contribution >= 0.6 is 11.3 Å². The number of carbonyl (C=O) groups excluding carboxylic acids is 1. The van der Waals surface area contributed by atoms with Gasteiger partial charge in [0.15, 0.2) is 0 Å². The maximum absolute atomic E-state index is 12.0. The van der Waals surface area contributed by atoms with Crippen LogP contribution in [0, 0.1) is 6.92 Å². The summed E-state index contributed by atoms with van der Waals surface area (Å²) < 4.78 is 0. The molecule has 2 N–H and O–H groups in total. The predicted molar refractivity (Wildman–Crippen MR) is 72.2 cm³/mol. The first-order valence-electron chi connectivity index (χ1n) is 6.12. The monoisotopic (exact) mass is 269 g/mol. The zero-order chi connectivity index (χ0) is 13.7. The minimum absolute atomic E-state index is 0.288. The first-order chi connectivity index (χ1) is 8.49. The van der Waals surface area contributed by atoms with E-state index < -0.39 is 12.0 Å². The van der Waals surface area contributed by atoms with Crippen LogP contribution < -0.4 is 5.32 Å². The van der Waals surface area contributed by atoms with E-state index in [-0.39, 0.29) is 5.91 Å². The van der Waals surface area contributed by atoms with Gasteiger partial charge in [0, 0.05) is 4.88 Å². The second kappa shape index (κ2) is 6.54. The van der Waals surface area contributed by atoms with E-state index in [2.05, 4.69) is 5.32 Å². The summed E-state index contributed by atoms with van der Waals surface area (Å²) in [6, 6.07) is 1.03. The number of aryl methyl sites for hydroxylation is 2. The molecule has 1 rings (SSSR count). The second-order valence-corrected chi connectivity index (χ2v) is 5.36. The summed E-state index contributed by atoms with van der Waals surface area (Å²) in [6.07, 6.45) is 2.06. The van der Waals surface area contributed by atoms with Crippen LogP contribution in [-0.4, -0.2) is 23.0 Å². The Balaban J connectivity index is 2.77. The quantitative estimate of drug-likeness (QED) is 0.834. The number of hydrogen-bond acceptors (Lipinski definition) is 3. The molecule has 100 valence electrons. The molecule has 0 saturated heterocycles. The van der Waals surface area contributed by atoms with Crippen molar-refractivity contribution in [2.24, 2.45) is 0 Å². The first kappa shape index (κ1) is 14.7. The molecule has 1 aromatic rings. The van der Waals surface area contributed by atoms with Crippen molar-refractivity contribution in [3.05, 3.63) is 21.4 Å². The summed E-state index contributed by atoms with van der Waals surface area (Å²) in [6.45, 7) is 5.90. The second-order valence-electron chi connectivity index (χ2n) is 4.22. The van der Waals surface area contributed by atoms with E-state index in [4.69, 9.17) is 5.11 Å². The molecule has 1 heterocycles. The van der Waals surface area contributed by atoms with Crippen LogP contribution in [0.2, 0.25) is 0 Å². The Morgan fingerprint density at radius 2 is 2.11 bits per heavy atom. The van der Waals surface area contributed by atoms with E-state index in [0.29, 0.717) is 11.3 Å². The molecule has 0 saturated carbocycles. The fourth-order valence-corrected chi connectivity index (χ4v) is 2.78. The molecule has 1 amide bonds. The molecule has 0 spiro atoms. The van der Waals surface area contributed by atoms with E-state index in [9.17, 15) is 9.59 Å². The summed E-state index contributed by atoms with van der Waals surface area (Å²) in [5, 5.41) is 11.6. The van der Waals surface area contributed by atoms with Gasteiger partial charge in [0.25, 0.3) is 5.91 Å². The highest BCUT2D eigenvalue weighted by Gasteiger charge is 2.20. The van der Waals surface area contributed by atoms with Crippen molar-refractivity contribution in [3.8, 4) is 0 Å². The average Bonchev–Trinajstić information content (AvgIpc) is 2.69. The molecule has 0 fully saturated rings. The van der Waals surface area contributed by atoms with Gasteiger partial charge in [-0.3, -0.25) is 4.79 Å². The maximum atomic E-state index is 12.0. The SMILES string of the molecule is CCCC(NC(=O)c1cc(C)c(CC)s1)C(=O)O. The van der Waals surface area contributed by atoms with Crippen molar-refractivity contribution in [2.45, 2.75) is 46.1 Å². The molecular formula is C13H19NO3S. The topological polar surface area (TPSA) is 66.4 Å². The first-order valence-corrected chi connectivity index (χ1v) is 6.94. The number of carbonyl (C=O) groups is 2. The Labute approximate surface area is 111 Å². The Kier molecular flexibility index (Phi) is 5.34. The predicted octanol–water partition coefficient (Wildman–Crippen LogP) is 2.60. The third kappa shape index (κ3) is 3.57. The molecule has 5 heteroatoms. The lowest BCUT2D eigenvalue weighted by Crippen LogP contribution is -2.40. The molecule has 1 aromatic heterocycles. The lowest BCUT2D eigenvalue weighted by atomic mass is 10.1. The van der Waals surface area contributed by atoms with E-state index in [1.807, 2.05) is 26.8 Å². The molecule has 0 bridgehead atoms. The van der Waals surface area contributed by atoms with Gasteiger partial charge >= 0.3 is 5.97 Å². The molecule has 1 atom stereocenters. The van der Waals surface area contributed by atoms with Crippen molar-refractivity contribution < 1.29 is 14.7 Å². The van der Waals surface area contributed by atoms with Crippen LogP contribution in [0.15, 0.2) is 6.07 Å². The van der Waals surface area contributed by atoms with Crippen molar-refractivity contribution >= 4 is 23.2 Å². The summed E-state index contributed by atoms with van der Waals surface area (Å²) in [5.41, 5.74) is 1.09. The minimum atomic E-state index is -0.978. The number of thiophene rings is 1. The van der Waals surface area contributed by atoms with Crippen molar-refractivity contribution in [1.29, 1.82) is 0 Å². The lowest BCUT2D eigenvalue weighted by Gasteiger charge is -2.12. The Morgan fingerprint density at radius 1 is 1.44 bits per heavy atom. The molecule has 0 radical (unpaired) electrons. The number of aliphatic carboxylic acids is 1. The molecule has 18 heavy (non-hydrogen) atoms. The molecular weight excluding hydrogens is 250 g/mol. The molecule has 1 unspecified atom stereocenters. The zero-order valence-electron chi connectivity index (χ0n) is 10.9. The summed E-state index contributed by atoms with van der Waals surface area (Å²) >= 11 is 1.43. The number of carboxylic acids is 1. The van der Waals surface area contributed by atoms with Crippen LogP contribution in [0.25, 0.3) is 0 Å². The number of carboxylic acid groups (broad SMARTS) is 1. The van der Waals surface area contributed by atoms with Crippen molar-refractivity contribution in [1.82, 2.24) is 5.32 Å². The van der Waals surface area contributed by atoms with E-state index in [1.165, 1.54) is 16.2 Å². The van der Waals surface area contributed by atoms with Gasteiger partial charge in [-0.1, -0.05) is 20.3 Å². The standard InChI is InChI=1S/C13H19NO3S/c1-4-6-9(13(16)17)14-12(15)11-7-8(3)10(5-2)18-11/h7,9H,4-6H2,1-3H3,(H,14,15)(H,16,17). The van der Waals surface area contributed by atoms with Crippen molar-refractivity contribution in [2.75, 3.05) is 0 Å². The van der Waals surface area contributed by atoms with Gasteiger partial charge in [-0.15, -0.1) is 11.3 Å². The fraction of sp³-hybridized carbons (Fsp3) is 0.538. The summed E-state index contributed by atoms with van der Waals surface area (Å²) in [5.74, 6) is -1.27. The third-order valence-corrected chi connectivity index (χ3v) is 4.13. The average molecular weight is 269 g/mol. The number of rotatable bonds is 6. The Hall–Kier alpha value is -1.36. The highest BCUT2D eigenvalue weighted by Crippen LogP contribution is 2.22. The van der Waals surface area contributed by atoms with Gasteiger partial charge in [-0.25, -0.2) is 4.79 Å². The molecule has 4 nitrogen and oxygen atoms in total. The maximum Gasteiger partial charge on any atom is 0.326 e. The smallest absolute Gasteiger partial charge is 0.326 e. The summed E-state index contributed by atoms with van der Waals surface area (Å²) in [4.78, 5) is 24.7. The molecule has 0 aliphatic rings. The van der Waals surface area contributed by atoms with E-state index in [1.54, 1.807) is 0 Å². The Bertz CT molecular complexity index is 439. The van der Waals surface area contributed by atoms with Crippen LogP contribution in [0.5, 0.6) is 0 Å². The van der Waals surface area contributed by atoms with Gasteiger partial charge in [0.2, 0.25) is 0 Å². The van der Waals surface area contributed by atoms with Crippen LogP contribution in [-0.2, 0) is 11.2 Å². The zero-order valence-corrected chi connectivity index (χ0v) is 11.8. The summed E-state index contributed by atoms with van der Waals surface area (Å²) in [7, 11) is 0. The normalized spacial score (nSPS) is 12.2.